The number of carbonyl (C=O) groups excluding carboxylic acids is 1. The zero-order valence-corrected chi connectivity index (χ0v) is 15.9. The summed E-state index contributed by atoms with van der Waals surface area (Å²) in [7, 11) is 0. The Labute approximate surface area is 165 Å². The summed E-state index contributed by atoms with van der Waals surface area (Å²) in [5.74, 6) is 0.395. The van der Waals surface area contributed by atoms with Crippen LogP contribution in [0.15, 0.2) is 54.7 Å². The summed E-state index contributed by atoms with van der Waals surface area (Å²) >= 11 is 12.8. The van der Waals surface area contributed by atoms with Gasteiger partial charge in [-0.25, -0.2) is 5.01 Å². The molecule has 2 heterocycles. The quantitative estimate of drug-likeness (QED) is 0.570. The lowest BCUT2D eigenvalue weighted by Gasteiger charge is -2.25. The highest BCUT2D eigenvalue weighted by atomic mass is 35.5. The summed E-state index contributed by atoms with van der Waals surface area (Å²) in [5, 5.41) is 6.62. The van der Waals surface area contributed by atoms with Gasteiger partial charge in [0.15, 0.2) is 5.11 Å². The highest BCUT2D eigenvalue weighted by Crippen LogP contribution is 2.40. The monoisotopic (exact) mass is 402 g/mol. The topological polar surface area (TPSA) is 60.2 Å². The third-order valence-corrected chi connectivity index (χ3v) is 5.72. The SMILES string of the molecule is O=C1CS[C@@H](c2c[nH]c3ccccc23)N1NC(=S)Nc1ccc(Cl)cc1. The molecule has 132 valence electrons. The lowest BCUT2D eigenvalue weighted by molar-refractivity contribution is -0.129. The van der Waals surface area contributed by atoms with E-state index >= 15 is 0 Å². The normalized spacial score (nSPS) is 16.9. The molecule has 1 atom stereocenters. The van der Waals surface area contributed by atoms with E-state index in [2.05, 4.69) is 15.7 Å². The Morgan fingerprint density at radius 1 is 1.23 bits per heavy atom. The second-order valence-corrected chi connectivity index (χ2v) is 7.70. The molecule has 0 bridgehead atoms. The van der Waals surface area contributed by atoms with Crippen LogP contribution in [0, 0.1) is 0 Å². The van der Waals surface area contributed by atoms with Gasteiger partial charge in [0.2, 0.25) is 0 Å². The van der Waals surface area contributed by atoms with E-state index in [1.54, 1.807) is 28.9 Å². The van der Waals surface area contributed by atoms with Crippen molar-refractivity contribution in [3.8, 4) is 0 Å². The third kappa shape index (κ3) is 3.38. The van der Waals surface area contributed by atoms with Gasteiger partial charge in [0.25, 0.3) is 5.91 Å². The highest BCUT2D eigenvalue weighted by Gasteiger charge is 2.35. The van der Waals surface area contributed by atoms with Crippen molar-refractivity contribution in [1.82, 2.24) is 15.4 Å². The highest BCUT2D eigenvalue weighted by molar-refractivity contribution is 8.00. The number of hydrazine groups is 1. The maximum absolute atomic E-state index is 12.4. The van der Waals surface area contributed by atoms with Crippen LogP contribution >= 0.6 is 35.6 Å². The van der Waals surface area contributed by atoms with Crippen LogP contribution in [0.3, 0.4) is 0 Å². The summed E-state index contributed by atoms with van der Waals surface area (Å²) in [6.07, 6.45) is 1.95. The standard InChI is InChI=1S/C18H15ClN4OS2/c19-11-5-7-12(8-6-11)21-18(25)22-23-16(24)10-26-17(23)14-9-20-15-4-2-1-3-13(14)15/h1-9,17,20H,10H2,(H2,21,22,25)/t17-/m0/s1. The van der Waals surface area contributed by atoms with E-state index in [9.17, 15) is 4.79 Å². The van der Waals surface area contributed by atoms with Crippen molar-refractivity contribution in [2.75, 3.05) is 11.1 Å². The van der Waals surface area contributed by atoms with E-state index in [-0.39, 0.29) is 11.3 Å². The van der Waals surface area contributed by atoms with Crippen molar-refractivity contribution in [2.45, 2.75) is 5.37 Å². The second-order valence-electron chi connectivity index (χ2n) is 5.79. The number of hydrogen-bond donors (Lipinski definition) is 3. The van der Waals surface area contributed by atoms with Crippen LogP contribution in [0.25, 0.3) is 10.9 Å². The van der Waals surface area contributed by atoms with Gasteiger partial charge in [0.1, 0.15) is 5.37 Å². The molecule has 5 nitrogen and oxygen atoms in total. The number of aromatic amines is 1. The lowest BCUT2D eigenvalue weighted by atomic mass is 10.1. The number of hydrogen-bond acceptors (Lipinski definition) is 3. The fourth-order valence-electron chi connectivity index (χ4n) is 2.87. The predicted molar refractivity (Wildman–Crippen MR) is 111 cm³/mol. The molecule has 0 unspecified atom stereocenters. The molecule has 0 saturated carbocycles. The van der Waals surface area contributed by atoms with E-state index < -0.39 is 0 Å². The van der Waals surface area contributed by atoms with Crippen molar-refractivity contribution >= 4 is 63.2 Å². The van der Waals surface area contributed by atoms with Gasteiger partial charge in [-0.15, -0.1) is 11.8 Å². The zero-order chi connectivity index (χ0) is 18.1. The van der Waals surface area contributed by atoms with Crippen LogP contribution in [-0.2, 0) is 4.79 Å². The number of amides is 1. The van der Waals surface area contributed by atoms with Crippen molar-refractivity contribution < 1.29 is 4.79 Å². The molecular weight excluding hydrogens is 388 g/mol. The molecule has 26 heavy (non-hydrogen) atoms. The molecule has 3 aromatic rings. The molecule has 3 N–H and O–H groups in total. The molecule has 1 saturated heterocycles. The van der Waals surface area contributed by atoms with Crippen LogP contribution in [0.5, 0.6) is 0 Å². The number of halogens is 1. The number of anilines is 1. The van der Waals surface area contributed by atoms with Gasteiger partial charge in [-0.2, -0.15) is 0 Å². The number of carbonyl (C=O) groups is 1. The number of fused-ring (bicyclic) bond motifs is 1. The van der Waals surface area contributed by atoms with Crippen molar-refractivity contribution in [3.05, 3.63) is 65.3 Å². The number of H-pyrrole nitrogens is 1. The first-order valence-corrected chi connectivity index (χ1v) is 9.78. The molecule has 2 aromatic carbocycles. The average molecular weight is 403 g/mol. The Kier molecular flexibility index (Phi) is 4.76. The number of nitrogens with one attached hydrogen (secondary N) is 3. The number of benzene rings is 2. The van der Waals surface area contributed by atoms with Crippen LogP contribution in [0.1, 0.15) is 10.9 Å². The Bertz CT molecular complexity index is 973. The van der Waals surface area contributed by atoms with Gasteiger partial charge in [-0.05, 0) is 42.5 Å². The summed E-state index contributed by atoms with van der Waals surface area (Å²) in [5.41, 5.74) is 5.93. The largest absolute Gasteiger partial charge is 0.361 e. The van der Waals surface area contributed by atoms with Gasteiger partial charge < -0.3 is 10.3 Å². The minimum atomic E-state index is -0.149. The van der Waals surface area contributed by atoms with E-state index in [1.165, 1.54) is 0 Å². The van der Waals surface area contributed by atoms with Crippen LogP contribution in [0.2, 0.25) is 5.02 Å². The molecule has 0 radical (unpaired) electrons. The molecule has 0 aliphatic carbocycles. The first kappa shape index (κ1) is 17.2. The van der Waals surface area contributed by atoms with E-state index in [0.29, 0.717) is 15.9 Å². The number of nitrogens with zero attached hydrogens (tertiary/aromatic N) is 1. The molecule has 1 amide bonds. The number of aromatic nitrogens is 1. The van der Waals surface area contributed by atoms with Crippen LogP contribution in [-0.4, -0.2) is 26.8 Å². The Hall–Kier alpha value is -2.22. The minimum absolute atomic E-state index is 0.00876. The fourth-order valence-corrected chi connectivity index (χ4v) is 4.35. The summed E-state index contributed by atoms with van der Waals surface area (Å²) < 4.78 is 0. The van der Waals surface area contributed by atoms with Crippen molar-refractivity contribution in [2.24, 2.45) is 0 Å². The molecule has 4 rings (SSSR count). The molecule has 1 aliphatic rings. The average Bonchev–Trinajstić information content (AvgIpc) is 3.21. The van der Waals surface area contributed by atoms with Gasteiger partial charge in [-0.3, -0.25) is 10.2 Å². The fraction of sp³-hybridized carbons (Fsp3) is 0.111. The molecule has 1 aromatic heterocycles. The molecule has 1 fully saturated rings. The number of para-hydroxylation sites is 1. The Morgan fingerprint density at radius 3 is 2.81 bits per heavy atom. The number of thioether (sulfide) groups is 1. The first-order chi connectivity index (χ1) is 12.6. The summed E-state index contributed by atoms with van der Waals surface area (Å²) in [4.78, 5) is 15.6. The molecule has 1 aliphatic heterocycles. The maximum Gasteiger partial charge on any atom is 0.252 e. The van der Waals surface area contributed by atoms with Crippen molar-refractivity contribution in [3.63, 3.8) is 0 Å². The van der Waals surface area contributed by atoms with E-state index in [0.717, 1.165) is 22.2 Å². The Morgan fingerprint density at radius 2 is 2.00 bits per heavy atom. The first-order valence-electron chi connectivity index (χ1n) is 7.95. The summed E-state index contributed by atoms with van der Waals surface area (Å²) in [6.45, 7) is 0. The van der Waals surface area contributed by atoms with E-state index in [4.69, 9.17) is 23.8 Å². The van der Waals surface area contributed by atoms with Crippen molar-refractivity contribution in [1.29, 1.82) is 0 Å². The van der Waals surface area contributed by atoms with Gasteiger partial charge in [0.05, 0.1) is 5.75 Å². The smallest absolute Gasteiger partial charge is 0.252 e. The van der Waals surface area contributed by atoms with Gasteiger partial charge in [-0.1, -0.05) is 29.8 Å². The summed E-state index contributed by atoms with van der Waals surface area (Å²) in [6, 6.07) is 15.2. The molecule has 8 heteroatoms. The zero-order valence-electron chi connectivity index (χ0n) is 13.5. The van der Waals surface area contributed by atoms with Crippen LogP contribution < -0.4 is 10.7 Å². The third-order valence-electron chi connectivity index (χ3n) is 4.08. The van der Waals surface area contributed by atoms with Gasteiger partial charge in [0, 0.05) is 33.4 Å². The van der Waals surface area contributed by atoms with Crippen LogP contribution in [0.4, 0.5) is 5.69 Å². The number of rotatable bonds is 3. The minimum Gasteiger partial charge on any atom is -0.361 e. The lowest BCUT2D eigenvalue weighted by Crippen LogP contribution is -2.46. The van der Waals surface area contributed by atoms with E-state index in [1.807, 2.05) is 42.6 Å². The maximum atomic E-state index is 12.4. The molecular formula is C18H15ClN4OS2. The number of thiocarbonyl (C=S) groups is 1. The van der Waals surface area contributed by atoms with Gasteiger partial charge >= 0.3 is 0 Å². The predicted octanol–water partition coefficient (Wildman–Crippen LogP) is 4.30. The second kappa shape index (κ2) is 7.19. The molecule has 0 spiro atoms. The Balaban J connectivity index is 1.53.